The number of rotatable bonds is 4. The van der Waals surface area contributed by atoms with Crippen LogP contribution in [0.15, 0.2) is 42.5 Å². The highest BCUT2D eigenvalue weighted by Crippen LogP contribution is 2.34. The lowest BCUT2D eigenvalue weighted by Gasteiger charge is -2.07. The van der Waals surface area contributed by atoms with Crippen LogP contribution in [0.25, 0.3) is 22.0 Å². The molecule has 0 atom stereocenters. The van der Waals surface area contributed by atoms with Crippen molar-refractivity contribution in [3.8, 4) is 16.9 Å². The van der Waals surface area contributed by atoms with Gasteiger partial charge in [-0.25, -0.2) is 0 Å². The molecule has 0 radical (unpaired) electrons. The number of hydrogen-bond donors (Lipinski definition) is 3. The zero-order valence-electron chi connectivity index (χ0n) is 12.1. The third kappa shape index (κ3) is 2.56. The first-order valence-electron chi connectivity index (χ1n) is 6.83. The van der Waals surface area contributed by atoms with Crippen LogP contribution in [-0.2, 0) is 11.3 Å². The quantitative estimate of drug-likeness (QED) is 0.646. The molecule has 1 aromatic heterocycles. The molecular formula is C17H16N2O2S. The Morgan fingerprint density at radius 3 is 2.82 bits per heavy atom. The number of nitrogens with two attached hydrogens (primary N) is 1. The minimum atomic E-state index is 0.214. The number of aromatic hydroxyl groups is 1. The zero-order valence-corrected chi connectivity index (χ0v) is 12.9. The molecule has 0 bridgehead atoms. The van der Waals surface area contributed by atoms with Gasteiger partial charge in [-0.3, -0.25) is 0 Å². The molecule has 5 heteroatoms. The first kappa shape index (κ1) is 14.6. The monoisotopic (exact) mass is 312 g/mol. The summed E-state index contributed by atoms with van der Waals surface area (Å²) in [5, 5.41) is 11.0. The molecule has 3 aromatic rings. The number of hydrogen-bond acceptors (Lipinski definition) is 3. The van der Waals surface area contributed by atoms with Crippen molar-refractivity contribution < 1.29 is 9.84 Å². The topological polar surface area (TPSA) is 71.3 Å². The maximum atomic E-state index is 10.1. The Morgan fingerprint density at radius 2 is 2.09 bits per heavy atom. The number of aromatic amines is 1. The summed E-state index contributed by atoms with van der Waals surface area (Å²) >= 11 is 5.04. The Bertz CT molecular complexity index is 855. The molecule has 0 aliphatic heterocycles. The molecular weight excluding hydrogens is 296 g/mol. The SMILES string of the molecule is COCc1cc2c(-c3cccc(C(N)=S)c3)ccc(O)c2[nH]1. The van der Waals surface area contributed by atoms with E-state index < -0.39 is 0 Å². The molecule has 1 heterocycles. The van der Waals surface area contributed by atoms with Gasteiger partial charge >= 0.3 is 0 Å². The normalized spacial score (nSPS) is 11.0. The van der Waals surface area contributed by atoms with Gasteiger partial charge in [0.15, 0.2) is 0 Å². The minimum Gasteiger partial charge on any atom is -0.506 e. The lowest BCUT2D eigenvalue weighted by atomic mass is 9.99. The molecule has 0 saturated heterocycles. The first-order valence-corrected chi connectivity index (χ1v) is 7.23. The summed E-state index contributed by atoms with van der Waals surface area (Å²) in [6, 6.07) is 13.3. The van der Waals surface area contributed by atoms with Crippen molar-refractivity contribution in [2.75, 3.05) is 7.11 Å². The van der Waals surface area contributed by atoms with Crippen LogP contribution in [0.3, 0.4) is 0 Å². The van der Waals surface area contributed by atoms with Gasteiger partial charge in [0.2, 0.25) is 0 Å². The van der Waals surface area contributed by atoms with Gasteiger partial charge in [-0.1, -0.05) is 30.4 Å². The van der Waals surface area contributed by atoms with Crippen LogP contribution in [0, 0.1) is 0 Å². The summed E-state index contributed by atoms with van der Waals surface area (Å²) < 4.78 is 5.15. The lowest BCUT2D eigenvalue weighted by molar-refractivity contribution is 0.182. The largest absolute Gasteiger partial charge is 0.506 e. The van der Waals surface area contributed by atoms with E-state index in [1.54, 1.807) is 13.2 Å². The van der Waals surface area contributed by atoms with Crippen molar-refractivity contribution in [1.82, 2.24) is 4.98 Å². The second kappa shape index (κ2) is 5.79. The Kier molecular flexibility index (Phi) is 3.83. The summed E-state index contributed by atoms with van der Waals surface area (Å²) in [7, 11) is 1.64. The first-order chi connectivity index (χ1) is 10.6. The van der Waals surface area contributed by atoms with Crippen molar-refractivity contribution >= 4 is 28.1 Å². The average Bonchev–Trinajstić information content (AvgIpc) is 2.93. The Hall–Kier alpha value is -2.37. The predicted molar refractivity (Wildman–Crippen MR) is 92.0 cm³/mol. The van der Waals surface area contributed by atoms with Crippen molar-refractivity contribution in [2.45, 2.75) is 6.61 Å². The highest BCUT2D eigenvalue weighted by molar-refractivity contribution is 7.80. The Morgan fingerprint density at radius 1 is 1.27 bits per heavy atom. The molecule has 0 fully saturated rings. The third-order valence-electron chi connectivity index (χ3n) is 3.59. The molecule has 0 spiro atoms. The Labute approximate surface area is 133 Å². The molecule has 3 rings (SSSR count). The van der Waals surface area contributed by atoms with Gasteiger partial charge in [-0.15, -0.1) is 0 Å². The molecule has 4 nitrogen and oxygen atoms in total. The number of benzene rings is 2. The fourth-order valence-corrected chi connectivity index (χ4v) is 2.71. The van der Waals surface area contributed by atoms with Crippen molar-refractivity contribution in [3.63, 3.8) is 0 Å². The maximum absolute atomic E-state index is 10.1. The van der Waals surface area contributed by atoms with Crippen molar-refractivity contribution in [2.24, 2.45) is 5.73 Å². The summed E-state index contributed by atoms with van der Waals surface area (Å²) in [5.41, 5.74) is 10.1. The van der Waals surface area contributed by atoms with Gasteiger partial charge in [0.1, 0.15) is 10.7 Å². The van der Waals surface area contributed by atoms with Crippen LogP contribution in [0.1, 0.15) is 11.3 Å². The van der Waals surface area contributed by atoms with E-state index in [9.17, 15) is 5.11 Å². The van der Waals surface area contributed by atoms with Crippen LogP contribution in [0.4, 0.5) is 0 Å². The van der Waals surface area contributed by atoms with Crippen LogP contribution >= 0.6 is 12.2 Å². The van der Waals surface area contributed by atoms with E-state index in [0.717, 1.165) is 27.8 Å². The van der Waals surface area contributed by atoms with E-state index in [1.807, 2.05) is 36.4 Å². The second-order valence-electron chi connectivity index (χ2n) is 5.09. The summed E-state index contributed by atoms with van der Waals surface area (Å²) in [6.07, 6.45) is 0. The second-order valence-corrected chi connectivity index (χ2v) is 5.53. The minimum absolute atomic E-state index is 0.214. The van der Waals surface area contributed by atoms with Gasteiger partial charge < -0.3 is 20.6 Å². The number of nitrogens with one attached hydrogen (secondary N) is 1. The molecule has 2 aromatic carbocycles. The molecule has 0 saturated carbocycles. The van der Waals surface area contributed by atoms with Crippen molar-refractivity contribution in [3.05, 3.63) is 53.7 Å². The number of phenols is 1. The summed E-state index contributed by atoms with van der Waals surface area (Å²) in [4.78, 5) is 3.55. The zero-order chi connectivity index (χ0) is 15.7. The van der Waals surface area contributed by atoms with Gasteiger partial charge in [0.25, 0.3) is 0 Å². The maximum Gasteiger partial charge on any atom is 0.139 e. The summed E-state index contributed by atoms with van der Waals surface area (Å²) in [5.74, 6) is 0.214. The fraction of sp³-hybridized carbons (Fsp3) is 0.118. The van der Waals surface area contributed by atoms with Gasteiger partial charge in [-0.2, -0.15) is 0 Å². The van der Waals surface area contributed by atoms with Crippen molar-refractivity contribution in [1.29, 1.82) is 0 Å². The van der Waals surface area contributed by atoms with Gasteiger partial charge in [0, 0.05) is 23.8 Å². The molecule has 0 aliphatic carbocycles. The molecule has 112 valence electrons. The van der Waals surface area contributed by atoms with Crippen LogP contribution < -0.4 is 5.73 Å². The Balaban J connectivity index is 2.20. The van der Waals surface area contributed by atoms with E-state index in [0.29, 0.717) is 17.1 Å². The fourth-order valence-electron chi connectivity index (χ4n) is 2.59. The number of thiocarbonyl (C=S) groups is 1. The standard InChI is InChI=1S/C17H16N2O2S/c1-21-9-12-8-14-13(5-6-15(20)16(14)19-12)10-3-2-4-11(7-10)17(18)22/h2-8,19-20H,9H2,1H3,(H2,18,22). The number of fused-ring (bicyclic) bond motifs is 1. The number of methoxy groups -OCH3 is 1. The van der Waals surface area contributed by atoms with E-state index in [4.69, 9.17) is 22.7 Å². The van der Waals surface area contributed by atoms with E-state index in [-0.39, 0.29) is 5.75 Å². The van der Waals surface area contributed by atoms with Gasteiger partial charge in [-0.05, 0) is 35.4 Å². The number of phenolic OH excluding ortho intramolecular Hbond substituents is 1. The summed E-state index contributed by atoms with van der Waals surface area (Å²) in [6.45, 7) is 0.459. The van der Waals surface area contributed by atoms with Gasteiger partial charge in [0.05, 0.1) is 12.1 Å². The van der Waals surface area contributed by atoms with E-state index >= 15 is 0 Å². The van der Waals surface area contributed by atoms with Crippen LogP contribution in [-0.4, -0.2) is 22.2 Å². The number of aromatic nitrogens is 1. The molecule has 0 amide bonds. The van der Waals surface area contributed by atoms with Crippen LogP contribution in [0.5, 0.6) is 5.75 Å². The highest BCUT2D eigenvalue weighted by atomic mass is 32.1. The molecule has 4 N–H and O–H groups in total. The smallest absolute Gasteiger partial charge is 0.139 e. The van der Waals surface area contributed by atoms with E-state index in [2.05, 4.69) is 4.98 Å². The molecule has 0 aliphatic rings. The van der Waals surface area contributed by atoms with E-state index in [1.165, 1.54) is 0 Å². The lowest BCUT2D eigenvalue weighted by Crippen LogP contribution is -2.08. The highest BCUT2D eigenvalue weighted by Gasteiger charge is 2.11. The molecule has 0 unspecified atom stereocenters. The number of ether oxygens (including phenoxy) is 1. The third-order valence-corrected chi connectivity index (χ3v) is 3.82. The number of H-pyrrole nitrogens is 1. The van der Waals surface area contributed by atoms with Crippen LogP contribution in [0.2, 0.25) is 0 Å². The average molecular weight is 312 g/mol. The predicted octanol–water partition coefficient (Wildman–Crippen LogP) is 3.32. The molecule has 22 heavy (non-hydrogen) atoms.